The highest BCUT2D eigenvalue weighted by molar-refractivity contribution is 6.07. The van der Waals surface area contributed by atoms with Gasteiger partial charge in [-0.05, 0) is 25.1 Å². The number of hydrogen-bond acceptors (Lipinski definition) is 5. The molecule has 2 aliphatic rings. The quantitative estimate of drug-likeness (QED) is 0.872. The zero-order valence-electron chi connectivity index (χ0n) is 13.1. The summed E-state index contributed by atoms with van der Waals surface area (Å²) >= 11 is 0. The third kappa shape index (κ3) is 1.69. The lowest BCUT2D eigenvalue weighted by Crippen LogP contribution is -2.51. The number of amides is 1. The van der Waals surface area contributed by atoms with Crippen molar-refractivity contribution in [1.82, 2.24) is 4.90 Å². The van der Waals surface area contributed by atoms with Crippen LogP contribution in [0.5, 0.6) is 0 Å². The van der Waals surface area contributed by atoms with Gasteiger partial charge in [-0.25, -0.2) is 4.79 Å². The van der Waals surface area contributed by atoms with Gasteiger partial charge in [0.15, 0.2) is 5.54 Å². The van der Waals surface area contributed by atoms with Gasteiger partial charge in [-0.2, -0.15) is 0 Å². The summed E-state index contributed by atoms with van der Waals surface area (Å²) in [6.07, 6.45) is 0.655. The Morgan fingerprint density at radius 1 is 1.38 bits per heavy atom. The Morgan fingerprint density at radius 2 is 2.17 bits per heavy atom. The highest BCUT2D eigenvalue weighted by Gasteiger charge is 2.67. The fourth-order valence-corrected chi connectivity index (χ4v) is 4.04. The molecule has 6 heteroatoms. The van der Waals surface area contributed by atoms with Crippen LogP contribution in [0.15, 0.2) is 47.1 Å². The monoisotopic (exact) mass is 327 g/mol. The van der Waals surface area contributed by atoms with Crippen molar-refractivity contribution in [2.45, 2.75) is 31.0 Å². The maximum Gasteiger partial charge on any atom is 0.337 e. The Morgan fingerprint density at radius 3 is 2.88 bits per heavy atom. The third-order valence-electron chi connectivity index (χ3n) is 4.89. The van der Waals surface area contributed by atoms with Crippen LogP contribution in [0, 0.1) is 0 Å². The standard InChI is InChI=1S/C18H17NO5/c1-2-23-17(22)18-12-7-4-3-6-11(12)16(21)19(18)15(20)10-13(18)14-8-5-9-24-14/h3-9,13,15,20H,2,10H2,1H3/t13-,15+,18+/m0/s1. The number of rotatable bonds is 3. The highest BCUT2D eigenvalue weighted by Crippen LogP contribution is 2.56. The van der Waals surface area contributed by atoms with E-state index in [1.165, 1.54) is 11.2 Å². The van der Waals surface area contributed by atoms with E-state index in [0.29, 0.717) is 16.9 Å². The van der Waals surface area contributed by atoms with Gasteiger partial charge in [0.25, 0.3) is 5.91 Å². The number of fused-ring (bicyclic) bond motifs is 3. The number of hydrogen-bond donors (Lipinski definition) is 1. The van der Waals surface area contributed by atoms with Gasteiger partial charge < -0.3 is 14.3 Å². The Kier molecular flexibility index (Phi) is 3.25. The fourth-order valence-electron chi connectivity index (χ4n) is 4.04. The summed E-state index contributed by atoms with van der Waals surface area (Å²) in [6, 6.07) is 10.4. The minimum absolute atomic E-state index is 0.186. The lowest BCUT2D eigenvalue weighted by molar-refractivity contribution is -0.158. The summed E-state index contributed by atoms with van der Waals surface area (Å²) in [5.74, 6) is -0.857. The summed E-state index contributed by atoms with van der Waals surface area (Å²) in [7, 11) is 0. The number of furan rings is 1. The van der Waals surface area contributed by atoms with Crippen LogP contribution in [0.3, 0.4) is 0 Å². The van der Waals surface area contributed by atoms with E-state index >= 15 is 0 Å². The number of nitrogens with zero attached hydrogens (tertiary/aromatic N) is 1. The molecule has 1 aromatic carbocycles. The van der Waals surface area contributed by atoms with Crippen molar-refractivity contribution in [3.63, 3.8) is 0 Å². The third-order valence-corrected chi connectivity index (χ3v) is 4.89. The summed E-state index contributed by atoms with van der Waals surface area (Å²) in [4.78, 5) is 27.1. The van der Waals surface area contributed by atoms with E-state index in [4.69, 9.17) is 9.15 Å². The molecule has 3 atom stereocenters. The van der Waals surface area contributed by atoms with Crippen molar-refractivity contribution < 1.29 is 23.8 Å². The lowest BCUT2D eigenvalue weighted by atomic mass is 9.78. The zero-order chi connectivity index (χ0) is 16.9. The molecule has 2 aliphatic heterocycles. The van der Waals surface area contributed by atoms with E-state index < -0.39 is 23.7 Å². The van der Waals surface area contributed by atoms with Crippen molar-refractivity contribution in [1.29, 1.82) is 0 Å². The minimum Gasteiger partial charge on any atom is -0.469 e. The van der Waals surface area contributed by atoms with E-state index in [1.807, 2.05) is 0 Å². The summed E-state index contributed by atoms with van der Waals surface area (Å²) in [5, 5.41) is 10.5. The summed E-state index contributed by atoms with van der Waals surface area (Å²) in [6.45, 7) is 1.90. The smallest absolute Gasteiger partial charge is 0.337 e. The number of esters is 1. The van der Waals surface area contributed by atoms with Crippen LogP contribution in [0.1, 0.15) is 40.9 Å². The van der Waals surface area contributed by atoms with Gasteiger partial charge in [0.2, 0.25) is 0 Å². The first-order valence-electron chi connectivity index (χ1n) is 7.94. The van der Waals surface area contributed by atoms with E-state index in [9.17, 15) is 14.7 Å². The molecule has 1 saturated heterocycles. The Bertz CT molecular complexity index is 800. The molecule has 1 amide bonds. The Hall–Kier alpha value is -2.60. The molecule has 0 radical (unpaired) electrons. The first-order chi connectivity index (χ1) is 11.6. The average molecular weight is 327 g/mol. The first-order valence-corrected chi connectivity index (χ1v) is 7.94. The number of carbonyl (C=O) groups is 2. The van der Waals surface area contributed by atoms with Crippen LogP contribution < -0.4 is 0 Å². The van der Waals surface area contributed by atoms with Gasteiger partial charge in [0, 0.05) is 17.5 Å². The molecular formula is C18H17NO5. The minimum atomic E-state index is -1.39. The average Bonchev–Trinajstić information content (AvgIpc) is 3.25. The van der Waals surface area contributed by atoms with Gasteiger partial charge in [-0.1, -0.05) is 18.2 Å². The van der Waals surface area contributed by atoms with Crippen molar-refractivity contribution in [3.8, 4) is 0 Å². The fraction of sp³-hybridized carbons (Fsp3) is 0.333. The van der Waals surface area contributed by atoms with Gasteiger partial charge in [-0.3, -0.25) is 9.69 Å². The largest absolute Gasteiger partial charge is 0.469 e. The predicted octanol–water partition coefficient (Wildman–Crippen LogP) is 2.00. The molecule has 24 heavy (non-hydrogen) atoms. The zero-order valence-corrected chi connectivity index (χ0v) is 13.1. The van der Waals surface area contributed by atoms with E-state index in [2.05, 4.69) is 0 Å². The van der Waals surface area contributed by atoms with Crippen molar-refractivity contribution >= 4 is 11.9 Å². The number of carbonyl (C=O) groups excluding carboxylic acids is 2. The molecule has 0 unspecified atom stereocenters. The molecule has 6 nitrogen and oxygen atoms in total. The normalized spacial score (nSPS) is 27.9. The van der Waals surface area contributed by atoms with Crippen LogP contribution in [0.4, 0.5) is 0 Å². The van der Waals surface area contributed by atoms with Gasteiger partial charge >= 0.3 is 5.97 Å². The predicted molar refractivity (Wildman–Crippen MR) is 83.0 cm³/mol. The lowest BCUT2D eigenvalue weighted by Gasteiger charge is -2.35. The van der Waals surface area contributed by atoms with Crippen LogP contribution in [0.2, 0.25) is 0 Å². The van der Waals surface area contributed by atoms with Gasteiger partial charge in [0.05, 0.1) is 18.8 Å². The number of aliphatic hydroxyl groups is 1. The second kappa shape index (κ2) is 5.21. The van der Waals surface area contributed by atoms with Crippen LogP contribution in [-0.4, -0.2) is 34.7 Å². The topological polar surface area (TPSA) is 80.0 Å². The summed E-state index contributed by atoms with van der Waals surface area (Å²) < 4.78 is 10.8. The van der Waals surface area contributed by atoms with Crippen LogP contribution >= 0.6 is 0 Å². The molecule has 3 heterocycles. The maximum atomic E-state index is 13.0. The Balaban J connectivity index is 1.99. The molecule has 0 saturated carbocycles. The van der Waals surface area contributed by atoms with E-state index in [0.717, 1.165) is 0 Å². The molecule has 0 bridgehead atoms. The van der Waals surface area contributed by atoms with E-state index in [-0.39, 0.29) is 18.9 Å². The molecule has 124 valence electrons. The van der Waals surface area contributed by atoms with Crippen molar-refractivity contribution in [2.75, 3.05) is 6.61 Å². The maximum absolute atomic E-state index is 13.0. The molecule has 0 spiro atoms. The van der Waals surface area contributed by atoms with Gasteiger partial charge in [-0.15, -0.1) is 0 Å². The Labute approximate surface area is 138 Å². The van der Waals surface area contributed by atoms with Crippen molar-refractivity contribution in [3.05, 3.63) is 59.5 Å². The highest BCUT2D eigenvalue weighted by atomic mass is 16.5. The van der Waals surface area contributed by atoms with Crippen LogP contribution in [-0.2, 0) is 15.1 Å². The number of benzene rings is 1. The first kappa shape index (κ1) is 15.0. The molecular weight excluding hydrogens is 310 g/mol. The molecule has 2 aromatic rings. The second-order valence-corrected chi connectivity index (χ2v) is 5.99. The summed E-state index contributed by atoms with van der Waals surface area (Å²) in [5.41, 5.74) is -0.409. The number of aliphatic hydroxyl groups excluding tert-OH is 1. The molecule has 0 aliphatic carbocycles. The van der Waals surface area contributed by atoms with E-state index in [1.54, 1.807) is 43.3 Å². The number of ether oxygens (including phenoxy) is 1. The van der Waals surface area contributed by atoms with Gasteiger partial charge in [0.1, 0.15) is 12.0 Å². The van der Waals surface area contributed by atoms with Crippen molar-refractivity contribution in [2.24, 2.45) is 0 Å². The molecule has 1 aromatic heterocycles. The second-order valence-electron chi connectivity index (χ2n) is 5.99. The molecule has 1 fully saturated rings. The SMILES string of the molecule is CCOC(=O)[C@]12c3ccccc3C(=O)N1[C@H](O)C[C@H]2c1ccco1. The molecule has 1 N–H and O–H groups in total. The molecule has 4 rings (SSSR count). The van der Waals surface area contributed by atoms with Crippen LogP contribution in [0.25, 0.3) is 0 Å².